The van der Waals surface area contributed by atoms with Crippen LogP contribution < -0.4 is 0 Å². The van der Waals surface area contributed by atoms with E-state index >= 15 is 0 Å². The van der Waals surface area contributed by atoms with Gasteiger partial charge in [-0.1, -0.05) is 19.1 Å². The molecule has 3 heteroatoms. The second-order valence-corrected chi connectivity index (χ2v) is 3.80. The smallest absolute Gasteiger partial charge is 0.123 e. The highest BCUT2D eigenvalue weighted by molar-refractivity contribution is 5.19. The van der Waals surface area contributed by atoms with Gasteiger partial charge >= 0.3 is 0 Å². The molecule has 0 N–H and O–H groups in total. The maximum Gasteiger partial charge on any atom is 0.123 e. The van der Waals surface area contributed by atoms with E-state index in [-0.39, 0.29) is 11.9 Å². The Kier molecular flexibility index (Phi) is 3.34. The van der Waals surface area contributed by atoms with Crippen molar-refractivity contribution in [3.05, 3.63) is 35.6 Å². The summed E-state index contributed by atoms with van der Waals surface area (Å²) >= 11 is 0. The Morgan fingerprint density at radius 2 is 2.13 bits per heavy atom. The number of hydrogen-bond acceptors (Lipinski definition) is 2. The van der Waals surface area contributed by atoms with Crippen molar-refractivity contribution < 1.29 is 9.13 Å². The lowest BCUT2D eigenvalue weighted by Gasteiger charge is -2.32. The molecule has 15 heavy (non-hydrogen) atoms. The molecule has 1 aromatic rings. The standard InChI is InChI=1S/C12H16FNO/c1-2-14-7-8-15-12(9-14)10-3-5-11(13)6-4-10/h3-6,12H,2,7-9H2,1H3/t12-/m1/s1. The van der Waals surface area contributed by atoms with Gasteiger partial charge in [-0.3, -0.25) is 4.90 Å². The highest BCUT2D eigenvalue weighted by atomic mass is 19.1. The van der Waals surface area contributed by atoms with Crippen LogP contribution >= 0.6 is 0 Å². The predicted molar refractivity (Wildman–Crippen MR) is 57.2 cm³/mol. The molecule has 1 aromatic carbocycles. The maximum absolute atomic E-state index is 12.7. The van der Waals surface area contributed by atoms with Gasteiger partial charge in [-0.25, -0.2) is 4.39 Å². The van der Waals surface area contributed by atoms with Crippen molar-refractivity contribution in [1.29, 1.82) is 0 Å². The molecule has 1 fully saturated rings. The second-order valence-electron chi connectivity index (χ2n) is 3.80. The van der Waals surface area contributed by atoms with Crippen LogP contribution in [0.5, 0.6) is 0 Å². The monoisotopic (exact) mass is 209 g/mol. The lowest BCUT2D eigenvalue weighted by molar-refractivity contribution is -0.0281. The molecule has 82 valence electrons. The van der Waals surface area contributed by atoms with Crippen LogP contribution in [0.2, 0.25) is 0 Å². The Hall–Kier alpha value is -0.930. The molecule has 0 unspecified atom stereocenters. The first-order valence-electron chi connectivity index (χ1n) is 5.39. The van der Waals surface area contributed by atoms with Gasteiger partial charge in [-0.2, -0.15) is 0 Å². The summed E-state index contributed by atoms with van der Waals surface area (Å²) in [4.78, 5) is 2.34. The quantitative estimate of drug-likeness (QED) is 0.740. The van der Waals surface area contributed by atoms with E-state index in [1.807, 2.05) is 0 Å². The number of nitrogens with zero attached hydrogens (tertiary/aromatic N) is 1. The Morgan fingerprint density at radius 3 is 2.80 bits per heavy atom. The molecular weight excluding hydrogens is 193 g/mol. The molecule has 0 radical (unpaired) electrons. The average molecular weight is 209 g/mol. The van der Waals surface area contributed by atoms with E-state index in [2.05, 4.69) is 11.8 Å². The van der Waals surface area contributed by atoms with Crippen LogP contribution in [0.3, 0.4) is 0 Å². The zero-order chi connectivity index (χ0) is 10.7. The minimum Gasteiger partial charge on any atom is -0.371 e. The fourth-order valence-corrected chi connectivity index (χ4v) is 1.87. The molecule has 0 aromatic heterocycles. The van der Waals surface area contributed by atoms with Crippen molar-refractivity contribution in [2.45, 2.75) is 13.0 Å². The van der Waals surface area contributed by atoms with Crippen molar-refractivity contribution in [2.24, 2.45) is 0 Å². The van der Waals surface area contributed by atoms with E-state index in [0.29, 0.717) is 0 Å². The first kappa shape index (κ1) is 10.6. The van der Waals surface area contributed by atoms with Crippen LogP contribution in [-0.2, 0) is 4.74 Å². The first-order chi connectivity index (χ1) is 7.29. The third-order valence-electron chi connectivity index (χ3n) is 2.84. The van der Waals surface area contributed by atoms with E-state index in [1.165, 1.54) is 12.1 Å². The number of benzene rings is 1. The summed E-state index contributed by atoms with van der Waals surface area (Å²) in [6.45, 7) is 5.85. The third kappa shape index (κ3) is 2.55. The van der Waals surface area contributed by atoms with Crippen molar-refractivity contribution in [1.82, 2.24) is 4.90 Å². The van der Waals surface area contributed by atoms with Gasteiger partial charge in [0.1, 0.15) is 5.82 Å². The van der Waals surface area contributed by atoms with Crippen LogP contribution in [0, 0.1) is 5.82 Å². The summed E-state index contributed by atoms with van der Waals surface area (Å²) < 4.78 is 18.4. The molecule has 1 atom stereocenters. The van der Waals surface area contributed by atoms with Crippen LogP contribution in [0.1, 0.15) is 18.6 Å². The number of halogens is 1. The Bertz CT molecular complexity index is 312. The summed E-state index contributed by atoms with van der Waals surface area (Å²) in [5.41, 5.74) is 1.06. The molecule has 0 aliphatic carbocycles. The van der Waals surface area contributed by atoms with Crippen molar-refractivity contribution in [3.8, 4) is 0 Å². The maximum atomic E-state index is 12.7. The normalized spacial score (nSPS) is 22.9. The topological polar surface area (TPSA) is 12.5 Å². The molecule has 0 spiro atoms. The third-order valence-corrected chi connectivity index (χ3v) is 2.84. The van der Waals surface area contributed by atoms with E-state index in [0.717, 1.165) is 31.8 Å². The summed E-state index contributed by atoms with van der Waals surface area (Å²) in [5.74, 6) is -0.193. The molecular formula is C12H16FNO. The predicted octanol–water partition coefficient (Wildman–Crippen LogP) is 2.22. The van der Waals surface area contributed by atoms with Gasteiger partial charge in [0, 0.05) is 13.1 Å². The molecule has 2 nitrogen and oxygen atoms in total. The molecule has 1 saturated heterocycles. The Morgan fingerprint density at radius 1 is 1.40 bits per heavy atom. The van der Waals surface area contributed by atoms with Gasteiger partial charge in [-0.15, -0.1) is 0 Å². The van der Waals surface area contributed by atoms with Gasteiger partial charge in [-0.05, 0) is 24.2 Å². The number of ether oxygens (including phenoxy) is 1. The average Bonchev–Trinajstić information content (AvgIpc) is 2.30. The number of likely N-dealkylation sites (N-methyl/N-ethyl adjacent to an activating group) is 1. The Labute approximate surface area is 89.7 Å². The SMILES string of the molecule is CCN1CCO[C@@H](c2ccc(F)cc2)C1. The lowest BCUT2D eigenvalue weighted by atomic mass is 10.1. The van der Waals surface area contributed by atoms with Gasteiger partial charge in [0.2, 0.25) is 0 Å². The molecule has 1 aliphatic rings. The van der Waals surface area contributed by atoms with E-state index in [4.69, 9.17) is 4.74 Å². The van der Waals surface area contributed by atoms with Gasteiger partial charge < -0.3 is 4.74 Å². The highest BCUT2D eigenvalue weighted by Gasteiger charge is 2.20. The largest absolute Gasteiger partial charge is 0.371 e. The minimum absolute atomic E-state index is 0.0966. The molecule has 0 amide bonds. The van der Waals surface area contributed by atoms with Crippen molar-refractivity contribution in [3.63, 3.8) is 0 Å². The van der Waals surface area contributed by atoms with Crippen molar-refractivity contribution in [2.75, 3.05) is 26.2 Å². The van der Waals surface area contributed by atoms with E-state index in [1.54, 1.807) is 12.1 Å². The fraction of sp³-hybridized carbons (Fsp3) is 0.500. The first-order valence-corrected chi connectivity index (χ1v) is 5.39. The van der Waals surface area contributed by atoms with Crippen molar-refractivity contribution >= 4 is 0 Å². The zero-order valence-electron chi connectivity index (χ0n) is 8.95. The molecule has 2 rings (SSSR count). The Balaban J connectivity index is 2.06. The van der Waals surface area contributed by atoms with Gasteiger partial charge in [0.05, 0.1) is 12.7 Å². The van der Waals surface area contributed by atoms with E-state index in [9.17, 15) is 4.39 Å². The molecule has 1 heterocycles. The summed E-state index contributed by atoms with van der Waals surface area (Å²) in [5, 5.41) is 0. The van der Waals surface area contributed by atoms with Crippen LogP contribution in [-0.4, -0.2) is 31.1 Å². The zero-order valence-corrected chi connectivity index (χ0v) is 8.95. The van der Waals surface area contributed by atoms with Gasteiger partial charge in [0.25, 0.3) is 0 Å². The van der Waals surface area contributed by atoms with Crippen LogP contribution in [0.4, 0.5) is 4.39 Å². The summed E-state index contributed by atoms with van der Waals surface area (Å²) in [7, 11) is 0. The summed E-state index contributed by atoms with van der Waals surface area (Å²) in [6.07, 6.45) is 0.0966. The highest BCUT2D eigenvalue weighted by Crippen LogP contribution is 2.21. The number of rotatable bonds is 2. The number of hydrogen-bond donors (Lipinski definition) is 0. The van der Waals surface area contributed by atoms with E-state index < -0.39 is 0 Å². The molecule has 1 aliphatic heterocycles. The number of morpholine rings is 1. The molecule has 0 bridgehead atoms. The fourth-order valence-electron chi connectivity index (χ4n) is 1.87. The minimum atomic E-state index is -0.193. The lowest BCUT2D eigenvalue weighted by Crippen LogP contribution is -2.38. The molecule has 0 saturated carbocycles. The van der Waals surface area contributed by atoms with Gasteiger partial charge in [0.15, 0.2) is 0 Å². The van der Waals surface area contributed by atoms with Crippen LogP contribution in [0.15, 0.2) is 24.3 Å². The second kappa shape index (κ2) is 4.73. The van der Waals surface area contributed by atoms with Crippen LogP contribution in [0.25, 0.3) is 0 Å². The summed E-state index contributed by atoms with van der Waals surface area (Å²) in [6, 6.07) is 6.59.